The predicted molar refractivity (Wildman–Crippen MR) is 126 cm³/mol. The van der Waals surface area contributed by atoms with Crippen LogP contribution in [-0.2, 0) is 29.9 Å². The Labute approximate surface area is 193 Å². The van der Waals surface area contributed by atoms with Crippen LogP contribution in [0.5, 0.6) is 0 Å². The van der Waals surface area contributed by atoms with Gasteiger partial charge in [0.05, 0.1) is 13.2 Å². The summed E-state index contributed by atoms with van der Waals surface area (Å²) in [6.07, 6.45) is 0. The molecular weight excluding hydrogens is 425 g/mol. The number of hydrogen-bond acceptors (Lipinski definition) is 5. The molecule has 32 heavy (non-hydrogen) atoms. The molecule has 1 aromatic heterocycles. The van der Waals surface area contributed by atoms with Crippen LogP contribution in [0.2, 0.25) is 0 Å². The normalized spacial score (nSPS) is 11.7. The maximum Gasteiger partial charge on any atom is 0.294 e. The molecule has 2 aromatic carbocycles. The van der Waals surface area contributed by atoms with Crippen LogP contribution in [0.15, 0.2) is 53.9 Å². The first-order valence-corrected chi connectivity index (χ1v) is 11.6. The van der Waals surface area contributed by atoms with Gasteiger partial charge in [-0.3, -0.25) is 14.5 Å². The van der Waals surface area contributed by atoms with Gasteiger partial charge >= 0.3 is 0 Å². The van der Waals surface area contributed by atoms with Crippen LogP contribution < -0.4 is 5.48 Å². The number of halogens is 1. The molecule has 0 spiro atoms. The molecule has 0 atom stereocenters. The summed E-state index contributed by atoms with van der Waals surface area (Å²) in [7, 11) is 0. The number of thiazole rings is 1. The lowest BCUT2D eigenvalue weighted by molar-refractivity contribution is 0.0360. The van der Waals surface area contributed by atoms with Crippen molar-refractivity contribution in [2.24, 2.45) is 0 Å². The highest BCUT2D eigenvalue weighted by molar-refractivity contribution is 7.09. The molecule has 0 aliphatic heterocycles. The minimum Gasteiger partial charge on any atom is -0.288 e. The Morgan fingerprint density at radius 1 is 1.03 bits per heavy atom. The SMILES string of the molecule is CCONC(=O)c1csc(CN(Cc2ccc(F)cc2)Cc2ccc(C(C)(C)C)cc2)n1. The molecule has 170 valence electrons. The van der Waals surface area contributed by atoms with E-state index in [1.54, 1.807) is 24.4 Å². The fourth-order valence-corrected chi connectivity index (χ4v) is 4.07. The molecule has 1 N–H and O–H groups in total. The van der Waals surface area contributed by atoms with Crippen LogP contribution in [0.25, 0.3) is 0 Å². The van der Waals surface area contributed by atoms with E-state index in [0.29, 0.717) is 31.9 Å². The summed E-state index contributed by atoms with van der Waals surface area (Å²) in [6.45, 7) is 10.7. The summed E-state index contributed by atoms with van der Waals surface area (Å²) in [5, 5.41) is 2.57. The molecule has 7 heteroatoms. The molecule has 1 heterocycles. The zero-order valence-corrected chi connectivity index (χ0v) is 19.8. The zero-order chi connectivity index (χ0) is 23.1. The quantitative estimate of drug-likeness (QED) is 0.435. The molecule has 0 bridgehead atoms. The minimum absolute atomic E-state index is 0.103. The topological polar surface area (TPSA) is 54.5 Å². The third-order valence-corrected chi connectivity index (χ3v) is 5.83. The molecule has 3 rings (SSSR count). The maximum atomic E-state index is 13.3. The lowest BCUT2D eigenvalue weighted by Gasteiger charge is -2.23. The van der Waals surface area contributed by atoms with E-state index in [2.05, 4.69) is 60.4 Å². The second-order valence-corrected chi connectivity index (χ2v) is 9.65. The van der Waals surface area contributed by atoms with Gasteiger partial charge in [-0.15, -0.1) is 11.3 Å². The maximum absolute atomic E-state index is 13.3. The molecule has 0 saturated heterocycles. The monoisotopic (exact) mass is 455 g/mol. The van der Waals surface area contributed by atoms with E-state index in [-0.39, 0.29) is 17.1 Å². The second kappa shape index (κ2) is 10.8. The van der Waals surface area contributed by atoms with E-state index in [1.165, 1.54) is 34.6 Å². The molecule has 5 nitrogen and oxygen atoms in total. The van der Waals surface area contributed by atoms with Gasteiger partial charge in [0.1, 0.15) is 16.5 Å². The second-order valence-electron chi connectivity index (χ2n) is 8.71. The number of rotatable bonds is 9. The first kappa shape index (κ1) is 24.0. The van der Waals surface area contributed by atoms with Gasteiger partial charge in [0.25, 0.3) is 5.91 Å². The average Bonchev–Trinajstić information content (AvgIpc) is 3.22. The molecule has 1 amide bonds. The molecule has 0 saturated carbocycles. The van der Waals surface area contributed by atoms with E-state index in [0.717, 1.165) is 10.6 Å². The fourth-order valence-electron chi connectivity index (χ4n) is 3.25. The van der Waals surface area contributed by atoms with E-state index in [1.807, 2.05) is 0 Å². The molecule has 0 unspecified atom stereocenters. The number of carbonyl (C=O) groups excluding carboxylic acids is 1. The lowest BCUT2D eigenvalue weighted by Crippen LogP contribution is -2.24. The van der Waals surface area contributed by atoms with Crippen molar-refractivity contribution in [2.75, 3.05) is 6.61 Å². The van der Waals surface area contributed by atoms with Crippen molar-refractivity contribution < 1.29 is 14.0 Å². The van der Waals surface area contributed by atoms with Gasteiger partial charge in [-0.05, 0) is 41.2 Å². The van der Waals surface area contributed by atoms with Crippen LogP contribution >= 0.6 is 11.3 Å². The van der Waals surface area contributed by atoms with E-state index >= 15 is 0 Å². The first-order chi connectivity index (χ1) is 15.2. The largest absolute Gasteiger partial charge is 0.294 e. The number of amides is 1. The van der Waals surface area contributed by atoms with Crippen LogP contribution in [0.3, 0.4) is 0 Å². The molecule has 3 aromatic rings. The molecular formula is C25H30FN3O2S. The van der Waals surface area contributed by atoms with Crippen molar-refractivity contribution in [3.8, 4) is 0 Å². The standard InChI is InChI=1S/C25H30FN3O2S/c1-5-31-28-24(30)22-17-32-23(27-22)16-29(15-19-8-12-21(26)13-9-19)14-18-6-10-20(11-7-18)25(2,3)4/h6-13,17H,5,14-16H2,1-4H3,(H,28,30). The van der Waals surface area contributed by atoms with Crippen LogP contribution in [-0.4, -0.2) is 22.4 Å². The molecule has 0 aliphatic carbocycles. The van der Waals surface area contributed by atoms with Crippen molar-refractivity contribution in [3.05, 3.63) is 87.1 Å². The number of aromatic nitrogens is 1. The summed E-state index contributed by atoms with van der Waals surface area (Å²) in [6, 6.07) is 15.2. The fraction of sp³-hybridized carbons (Fsp3) is 0.360. The molecule has 0 aliphatic rings. The van der Waals surface area contributed by atoms with Gasteiger partial charge in [-0.1, -0.05) is 57.2 Å². The number of carbonyl (C=O) groups is 1. The summed E-state index contributed by atoms with van der Waals surface area (Å²) >= 11 is 1.44. The summed E-state index contributed by atoms with van der Waals surface area (Å²) in [5.74, 6) is -0.597. The van der Waals surface area contributed by atoms with Crippen molar-refractivity contribution in [2.45, 2.75) is 52.7 Å². The Morgan fingerprint density at radius 3 is 2.19 bits per heavy atom. The van der Waals surface area contributed by atoms with Gasteiger partial charge < -0.3 is 0 Å². The molecule has 0 fully saturated rings. The predicted octanol–water partition coefficient (Wildman–Crippen LogP) is 5.46. The van der Waals surface area contributed by atoms with Crippen molar-refractivity contribution in [3.63, 3.8) is 0 Å². The van der Waals surface area contributed by atoms with E-state index in [4.69, 9.17) is 4.84 Å². The summed E-state index contributed by atoms with van der Waals surface area (Å²) in [4.78, 5) is 23.8. The number of hydrogen-bond donors (Lipinski definition) is 1. The minimum atomic E-state index is -0.350. The number of nitrogens with zero attached hydrogens (tertiary/aromatic N) is 2. The van der Waals surface area contributed by atoms with E-state index < -0.39 is 0 Å². The van der Waals surface area contributed by atoms with Gasteiger partial charge in [-0.25, -0.2) is 14.9 Å². The summed E-state index contributed by atoms with van der Waals surface area (Å²) < 4.78 is 13.3. The van der Waals surface area contributed by atoms with Crippen LogP contribution in [0.1, 0.15) is 59.9 Å². The Morgan fingerprint density at radius 2 is 1.62 bits per heavy atom. The van der Waals surface area contributed by atoms with E-state index in [9.17, 15) is 9.18 Å². The Balaban J connectivity index is 1.75. The van der Waals surface area contributed by atoms with Crippen LogP contribution in [0, 0.1) is 5.82 Å². The highest BCUT2D eigenvalue weighted by atomic mass is 32.1. The van der Waals surface area contributed by atoms with Crippen LogP contribution in [0.4, 0.5) is 4.39 Å². The number of hydroxylamine groups is 1. The van der Waals surface area contributed by atoms with Crippen molar-refractivity contribution >= 4 is 17.2 Å². The Hall–Kier alpha value is -2.61. The zero-order valence-electron chi connectivity index (χ0n) is 19.0. The molecule has 0 radical (unpaired) electrons. The highest BCUT2D eigenvalue weighted by Crippen LogP contribution is 2.23. The third-order valence-electron chi connectivity index (χ3n) is 5.00. The van der Waals surface area contributed by atoms with Gasteiger partial charge in [0.15, 0.2) is 0 Å². The smallest absolute Gasteiger partial charge is 0.288 e. The average molecular weight is 456 g/mol. The first-order valence-electron chi connectivity index (χ1n) is 10.7. The number of benzene rings is 2. The van der Waals surface area contributed by atoms with Gasteiger partial charge in [0.2, 0.25) is 0 Å². The number of nitrogens with one attached hydrogen (secondary N) is 1. The highest BCUT2D eigenvalue weighted by Gasteiger charge is 2.16. The van der Waals surface area contributed by atoms with Gasteiger partial charge in [-0.2, -0.15) is 0 Å². The van der Waals surface area contributed by atoms with Gasteiger partial charge in [0, 0.05) is 18.5 Å². The summed E-state index contributed by atoms with van der Waals surface area (Å²) in [5.41, 5.74) is 6.31. The Kier molecular flexibility index (Phi) is 8.12. The van der Waals surface area contributed by atoms with Crippen molar-refractivity contribution in [1.82, 2.24) is 15.4 Å². The third kappa shape index (κ3) is 6.95. The van der Waals surface area contributed by atoms with Crippen molar-refractivity contribution in [1.29, 1.82) is 0 Å². The Bertz CT molecular complexity index is 1010. The lowest BCUT2D eigenvalue weighted by atomic mass is 9.87.